The molecule has 0 heterocycles. The zero-order valence-electron chi connectivity index (χ0n) is 12.6. The number of methoxy groups -OCH3 is 2. The molecule has 0 aliphatic heterocycles. The third-order valence-electron chi connectivity index (χ3n) is 4.11. The first-order valence-electron chi connectivity index (χ1n) is 7.17. The highest BCUT2D eigenvalue weighted by Gasteiger charge is 2.29. The summed E-state index contributed by atoms with van der Waals surface area (Å²) in [6, 6.07) is 16.2. The van der Waals surface area contributed by atoms with Crippen molar-refractivity contribution in [2.24, 2.45) is 0 Å². The van der Waals surface area contributed by atoms with Crippen molar-refractivity contribution in [3.05, 3.63) is 65.2 Å². The highest BCUT2D eigenvalue weighted by atomic mass is 16.5. The maximum atomic E-state index is 9.70. The highest BCUT2D eigenvalue weighted by Crippen LogP contribution is 2.43. The number of nitrogens with zero attached hydrogens (tertiary/aromatic N) is 1. The SMILES string of the molecule is COc1ccc2c(c1)C=CC(c1ccccc1OC)C2C#N. The van der Waals surface area contributed by atoms with Crippen molar-refractivity contribution in [1.82, 2.24) is 0 Å². The van der Waals surface area contributed by atoms with Crippen molar-refractivity contribution in [3.63, 3.8) is 0 Å². The van der Waals surface area contributed by atoms with Crippen LogP contribution < -0.4 is 9.47 Å². The monoisotopic (exact) mass is 291 g/mol. The van der Waals surface area contributed by atoms with Crippen LogP contribution in [0.2, 0.25) is 0 Å². The van der Waals surface area contributed by atoms with E-state index >= 15 is 0 Å². The number of hydrogen-bond acceptors (Lipinski definition) is 3. The molecule has 3 rings (SSSR count). The molecular weight excluding hydrogens is 274 g/mol. The second kappa shape index (κ2) is 5.95. The Balaban J connectivity index is 2.08. The van der Waals surface area contributed by atoms with Gasteiger partial charge in [0.2, 0.25) is 0 Å². The van der Waals surface area contributed by atoms with Gasteiger partial charge in [-0.05, 0) is 29.3 Å². The van der Waals surface area contributed by atoms with Gasteiger partial charge in [0.05, 0.1) is 26.2 Å². The summed E-state index contributed by atoms with van der Waals surface area (Å²) in [5.74, 6) is 1.37. The van der Waals surface area contributed by atoms with Gasteiger partial charge in [0.25, 0.3) is 0 Å². The molecule has 22 heavy (non-hydrogen) atoms. The Morgan fingerprint density at radius 2 is 1.82 bits per heavy atom. The lowest BCUT2D eigenvalue weighted by Crippen LogP contribution is -2.13. The van der Waals surface area contributed by atoms with Crippen LogP contribution in [0.1, 0.15) is 28.5 Å². The minimum atomic E-state index is -0.234. The van der Waals surface area contributed by atoms with Crippen LogP contribution in [-0.2, 0) is 0 Å². The smallest absolute Gasteiger partial charge is 0.122 e. The van der Waals surface area contributed by atoms with Gasteiger partial charge < -0.3 is 9.47 Å². The second-order valence-electron chi connectivity index (χ2n) is 5.23. The van der Waals surface area contributed by atoms with Crippen LogP contribution in [0.25, 0.3) is 6.08 Å². The van der Waals surface area contributed by atoms with Gasteiger partial charge in [0, 0.05) is 11.5 Å². The zero-order chi connectivity index (χ0) is 15.5. The Morgan fingerprint density at radius 1 is 1.00 bits per heavy atom. The van der Waals surface area contributed by atoms with Crippen LogP contribution in [0.3, 0.4) is 0 Å². The molecule has 0 saturated heterocycles. The quantitative estimate of drug-likeness (QED) is 0.854. The normalized spacial score (nSPS) is 19.1. The number of allylic oxidation sites excluding steroid dienone is 1. The fourth-order valence-corrected chi connectivity index (χ4v) is 2.99. The Bertz CT molecular complexity index is 758. The van der Waals surface area contributed by atoms with Gasteiger partial charge in [-0.2, -0.15) is 5.26 Å². The molecular formula is C19H17NO2. The van der Waals surface area contributed by atoms with Gasteiger partial charge in [-0.25, -0.2) is 0 Å². The largest absolute Gasteiger partial charge is 0.497 e. The van der Waals surface area contributed by atoms with E-state index in [1.165, 1.54) is 0 Å². The van der Waals surface area contributed by atoms with Crippen molar-refractivity contribution in [2.75, 3.05) is 14.2 Å². The third kappa shape index (κ3) is 2.33. The van der Waals surface area contributed by atoms with Gasteiger partial charge in [0.15, 0.2) is 0 Å². The summed E-state index contributed by atoms with van der Waals surface area (Å²) in [4.78, 5) is 0. The van der Waals surface area contributed by atoms with Crippen LogP contribution in [-0.4, -0.2) is 14.2 Å². The molecule has 2 atom stereocenters. The van der Waals surface area contributed by atoms with Crippen molar-refractivity contribution < 1.29 is 9.47 Å². The van der Waals surface area contributed by atoms with Gasteiger partial charge in [-0.15, -0.1) is 0 Å². The van der Waals surface area contributed by atoms with Gasteiger partial charge >= 0.3 is 0 Å². The van der Waals surface area contributed by atoms with Crippen molar-refractivity contribution >= 4 is 6.08 Å². The molecule has 1 aliphatic carbocycles. The van der Waals surface area contributed by atoms with Gasteiger partial charge in [-0.1, -0.05) is 36.4 Å². The first kappa shape index (κ1) is 14.2. The summed E-state index contributed by atoms with van der Waals surface area (Å²) in [7, 11) is 3.30. The summed E-state index contributed by atoms with van der Waals surface area (Å²) < 4.78 is 10.7. The molecule has 3 nitrogen and oxygen atoms in total. The summed E-state index contributed by atoms with van der Waals surface area (Å²) >= 11 is 0. The number of rotatable bonds is 3. The van der Waals surface area contributed by atoms with E-state index < -0.39 is 0 Å². The molecule has 0 N–H and O–H groups in total. The Labute approximate surface area is 130 Å². The van der Waals surface area contributed by atoms with Gasteiger partial charge in [-0.3, -0.25) is 0 Å². The maximum Gasteiger partial charge on any atom is 0.122 e. The molecule has 3 heteroatoms. The number of benzene rings is 2. The second-order valence-corrected chi connectivity index (χ2v) is 5.23. The average Bonchev–Trinajstić information content (AvgIpc) is 2.60. The number of ether oxygens (including phenoxy) is 2. The lowest BCUT2D eigenvalue weighted by Gasteiger charge is -2.26. The first-order chi connectivity index (χ1) is 10.8. The molecule has 0 saturated carbocycles. The summed E-state index contributed by atoms with van der Waals surface area (Å²) in [6.07, 6.45) is 4.14. The van der Waals surface area contributed by atoms with E-state index in [2.05, 4.69) is 18.2 Å². The number of fused-ring (bicyclic) bond motifs is 1. The molecule has 2 aromatic rings. The molecule has 110 valence electrons. The molecule has 0 aromatic heterocycles. The Hall–Kier alpha value is -2.73. The highest BCUT2D eigenvalue weighted by molar-refractivity contribution is 5.64. The van der Waals surface area contributed by atoms with E-state index in [0.717, 1.165) is 28.2 Å². The van der Waals surface area contributed by atoms with Crippen LogP contribution in [0, 0.1) is 11.3 Å². The minimum Gasteiger partial charge on any atom is -0.497 e. The topological polar surface area (TPSA) is 42.2 Å². The van der Waals surface area contributed by atoms with E-state index in [1.807, 2.05) is 42.5 Å². The molecule has 0 bridgehead atoms. The van der Waals surface area contributed by atoms with E-state index in [-0.39, 0.29) is 11.8 Å². The van der Waals surface area contributed by atoms with Crippen LogP contribution in [0.5, 0.6) is 11.5 Å². The predicted octanol–water partition coefficient (Wildman–Crippen LogP) is 4.12. The third-order valence-corrected chi connectivity index (χ3v) is 4.11. The Morgan fingerprint density at radius 3 is 2.55 bits per heavy atom. The number of para-hydroxylation sites is 1. The van der Waals surface area contributed by atoms with E-state index in [9.17, 15) is 5.26 Å². The molecule has 2 unspecified atom stereocenters. The molecule has 0 spiro atoms. The fraction of sp³-hybridized carbons (Fsp3) is 0.211. The molecule has 0 fully saturated rings. The van der Waals surface area contributed by atoms with Crippen molar-refractivity contribution in [1.29, 1.82) is 5.26 Å². The molecule has 0 amide bonds. The van der Waals surface area contributed by atoms with Gasteiger partial charge in [0.1, 0.15) is 11.5 Å². The van der Waals surface area contributed by atoms with Crippen molar-refractivity contribution in [2.45, 2.75) is 11.8 Å². The van der Waals surface area contributed by atoms with E-state index in [4.69, 9.17) is 9.47 Å². The lowest BCUT2D eigenvalue weighted by molar-refractivity contribution is 0.406. The van der Waals surface area contributed by atoms with Crippen LogP contribution in [0.15, 0.2) is 48.5 Å². The Kier molecular flexibility index (Phi) is 3.84. The van der Waals surface area contributed by atoms with Crippen molar-refractivity contribution in [3.8, 4) is 17.6 Å². The molecule has 0 radical (unpaired) electrons. The lowest BCUT2D eigenvalue weighted by atomic mass is 9.76. The fourth-order valence-electron chi connectivity index (χ4n) is 2.99. The number of nitriles is 1. The average molecular weight is 291 g/mol. The maximum absolute atomic E-state index is 9.70. The predicted molar refractivity (Wildman–Crippen MR) is 86.1 cm³/mol. The molecule has 2 aromatic carbocycles. The minimum absolute atomic E-state index is 0.0120. The molecule has 1 aliphatic rings. The first-order valence-corrected chi connectivity index (χ1v) is 7.17. The van der Waals surface area contributed by atoms with Crippen LogP contribution in [0.4, 0.5) is 0 Å². The summed E-state index contributed by atoms with van der Waals surface area (Å²) in [5, 5.41) is 9.70. The van der Waals surface area contributed by atoms with E-state index in [1.54, 1.807) is 14.2 Å². The zero-order valence-corrected chi connectivity index (χ0v) is 12.6. The number of hydrogen-bond donors (Lipinski definition) is 0. The summed E-state index contributed by atoms with van der Waals surface area (Å²) in [6.45, 7) is 0. The van der Waals surface area contributed by atoms with E-state index in [0.29, 0.717) is 0 Å². The summed E-state index contributed by atoms with van der Waals surface area (Å²) in [5.41, 5.74) is 3.10. The standard InChI is InChI=1S/C19H17NO2/c1-21-14-8-10-15-13(11-14)7-9-16(18(15)12-20)17-5-3-4-6-19(17)22-2/h3-11,16,18H,1-2H3. The van der Waals surface area contributed by atoms with Crippen LogP contribution >= 0.6 is 0 Å².